The number of rotatable bonds is 12. The highest BCUT2D eigenvalue weighted by Gasteiger charge is 2.07. The van der Waals surface area contributed by atoms with Gasteiger partial charge in [0.2, 0.25) is 5.91 Å². The minimum absolute atomic E-state index is 0.0340. The third-order valence-electron chi connectivity index (χ3n) is 4.20. The fourth-order valence-electron chi connectivity index (χ4n) is 2.49. The van der Waals surface area contributed by atoms with Gasteiger partial charge in [0.05, 0.1) is 6.61 Å². The Hall–Kier alpha value is -1.77. The Morgan fingerprint density at radius 2 is 1.92 bits per heavy atom. The Balaban J connectivity index is 2.51. The molecule has 0 aliphatic rings. The molecule has 0 saturated carbocycles. The fraction of sp³-hybridized carbons (Fsp3) is 0.571. The molecule has 1 amide bonds. The maximum Gasteiger partial charge on any atom is 0.244 e. The van der Waals surface area contributed by atoms with E-state index in [9.17, 15) is 4.79 Å². The van der Waals surface area contributed by atoms with Crippen LogP contribution in [-0.2, 0) is 4.79 Å². The molecule has 0 radical (unpaired) electrons. The van der Waals surface area contributed by atoms with E-state index in [1.165, 1.54) is 19.3 Å². The average molecular weight is 332 g/mol. The summed E-state index contributed by atoms with van der Waals surface area (Å²) in [5.41, 5.74) is 0.946. The van der Waals surface area contributed by atoms with Crippen LogP contribution in [0.25, 0.3) is 6.08 Å². The Morgan fingerprint density at radius 1 is 1.17 bits per heavy atom. The maximum atomic E-state index is 12.0. The Bertz CT molecular complexity index is 496. The predicted molar refractivity (Wildman–Crippen MR) is 102 cm³/mol. The highest BCUT2D eigenvalue weighted by Crippen LogP contribution is 2.19. The third kappa shape index (κ3) is 8.19. The molecule has 0 aliphatic carbocycles. The van der Waals surface area contributed by atoms with E-state index in [1.807, 2.05) is 30.3 Å². The van der Waals surface area contributed by atoms with E-state index in [0.29, 0.717) is 12.5 Å². The van der Waals surface area contributed by atoms with E-state index in [2.05, 4.69) is 26.1 Å². The number of amides is 1. The van der Waals surface area contributed by atoms with Crippen molar-refractivity contribution in [2.45, 2.75) is 59.3 Å². The predicted octanol–water partition coefficient (Wildman–Crippen LogP) is 5.21. The number of nitrogens with one attached hydrogen (secondary N) is 1. The van der Waals surface area contributed by atoms with E-state index < -0.39 is 0 Å². The molecular formula is C21H33NO2. The first-order valence-electron chi connectivity index (χ1n) is 9.38. The molecule has 1 N–H and O–H groups in total. The second-order valence-corrected chi connectivity index (χ2v) is 6.23. The number of hydrogen-bond donors (Lipinski definition) is 1. The normalized spacial score (nSPS) is 12.3. The number of ether oxygens (including phenoxy) is 1. The summed E-state index contributed by atoms with van der Waals surface area (Å²) in [4.78, 5) is 12.0. The number of para-hydroxylation sites is 1. The van der Waals surface area contributed by atoms with Crippen molar-refractivity contribution >= 4 is 12.0 Å². The summed E-state index contributed by atoms with van der Waals surface area (Å²) in [5.74, 6) is 1.38. The minimum atomic E-state index is -0.0340. The Morgan fingerprint density at radius 3 is 2.62 bits per heavy atom. The van der Waals surface area contributed by atoms with Gasteiger partial charge in [-0.15, -0.1) is 0 Å². The molecule has 0 bridgehead atoms. The molecule has 1 rings (SSSR count). The zero-order valence-corrected chi connectivity index (χ0v) is 15.5. The highest BCUT2D eigenvalue weighted by atomic mass is 16.5. The molecule has 0 saturated heterocycles. The van der Waals surface area contributed by atoms with Crippen LogP contribution in [-0.4, -0.2) is 19.1 Å². The molecule has 1 aromatic rings. The van der Waals surface area contributed by atoms with Crippen LogP contribution in [0.15, 0.2) is 30.3 Å². The van der Waals surface area contributed by atoms with E-state index in [0.717, 1.165) is 37.1 Å². The lowest BCUT2D eigenvalue weighted by Gasteiger charge is -2.14. The molecule has 24 heavy (non-hydrogen) atoms. The molecule has 0 heterocycles. The lowest BCUT2D eigenvalue weighted by atomic mass is 9.99. The lowest BCUT2D eigenvalue weighted by molar-refractivity contribution is -0.116. The van der Waals surface area contributed by atoms with E-state index in [4.69, 9.17) is 4.74 Å². The van der Waals surface area contributed by atoms with Crippen LogP contribution in [0, 0.1) is 5.92 Å². The first kappa shape index (κ1) is 20.3. The minimum Gasteiger partial charge on any atom is -0.493 e. The van der Waals surface area contributed by atoms with Gasteiger partial charge in [-0.25, -0.2) is 0 Å². The van der Waals surface area contributed by atoms with Crippen LogP contribution >= 0.6 is 0 Å². The van der Waals surface area contributed by atoms with Crippen LogP contribution in [0.4, 0.5) is 0 Å². The van der Waals surface area contributed by atoms with Gasteiger partial charge < -0.3 is 10.1 Å². The number of carbonyl (C=O) groups is 1. The van der Waals surface area contributed by atoms with Crippen molar-refractivity contribution in [3.63, 3.8) is 0 Å². The van der Waals surface area contributed by atoms with Crippen LogP contribution in [0.1, 0.15) is 64.9 Å². The number of benzene rings is 1. The van der Waals surface area contributed by atoms with Gasteiger partial charge in [0.1, 0.15) is 5.75 Å². The van der Waals surface area contributed by atoms with Crippen molar-refractivity contribution in [2.24, 2.45) is 5.92 Å². The fourth-order valence-corrected chi connectivity index (χ4v) is 2.49. The van der Waals surface area contributed by atoms with Crippen molar-refractivity contribution < 1.29 is 9.53 Å². The second-order valence-electron chi connectivity index (χ2n) is 6.23. The lowest BCUT2D eigenvalue weighted by Crippen LogP contribution is -2.27. The molecule has 0 spiro atoms. The van der Waals surface area contributed by atoms with Crippen LogP contribution in [0.2, 0.25) is 0 Å². The summed E-state index contributed by atoms with van der Waals surface area (Å²) in [5, 5.41) is 3.02. The second kappa shape index (κ2) is 12.6. The molecule has 1 aromatic carbocycles. The average Bonchev–Trinajstić information content (AvgIpc) is 2.61. The SMILES string of the molecule is CCCCOc1ccccc1/C=C/C(=O)NCC(CC)CCCC. The summed E-state index contributed by atoms with van der Waals surface area (Å²) in [6.07, 6.45) is 10.3. The van der Waals surface area contributed by atoms with Gasteiger partial charge in [0.15, 0.2) is 0 Å². The van der Waals surface area contributed by atoms with Gasteiger partial charge in [-0.05, 0) is 30.9 Å². The monoisotopic (exact) mass is 331 g/mol. The first-order chi connectivity index (χ1) is 11.7. The van der Waals surface area contributed by atoms with E-state index >= 15 is 0 Å². The van der Waals surface area contributed by atoms with Crippen LogP contribution < -0.4 is 10.1 Å². The van der Waals surface area contributed by atoms with E-state index in [1.54, 1.807) is 6.08 Å². The molecule has 3 heteroatoms. The Kier molecular flexibility index (Phi) is 10.7. The van der Waals surface area contributed by atoms with Gasteiger partial charge in [0.25, 0.3) is 0 Å². The molecule has 0 aliphatic heterocycles. The van der Waals surface area contributed by atoms with Crippen molar-refractivity contribution in [2.75, 3.05) is 13.2 Å². The van der Waals surface area contributed by atoms with Gasteiger partial charge in [-0.1, -0.05) is 64.7 Å². The van der Waals surface area contributed by atoms with Crippen molar-refractivity contribution in [3.05, 3.63) is 35.9 Å². The molecule has 134 valence electrons. The first-order valence-corrected chi connectivity index (χ1v) is 9.38. The summed E-state index contributed by atoms with van der Waals surface area (Å²) >= 11 is 0. The molecule has 1 atom stereocenters. The standard InChI is InChI=1S/C21H33NO2/c1-4-7-11-18(6-3)17-22-21(23)15-14-19-12-9-10-13-20(19)24-16-8-5-2/h9-10,12-15,18H,4-8,11,16-17H2,1-3H3,(H,22,23)/b15-14+. The van der Waals surface area contributed by atoms with Gasteiger partial charge in [-0.3, -0.25) is 4.79 Å². The number of unbranched alkanes of at least 4 members (excludes halogenated alkanes) is 2. The van der Waals surface area contributed by atoms with Crippen LogP contribution in [0.5, 0.6) is 5.75 Å². The maximum absolute atomic E-state index is 12.0. The summed E-state index contributed by atoms with van der Waals surface area (Å²) < 4.78 is 5.79. The molecule has 0 aromatic heterocycles. The molecule has 1 unspecified atom stereocenters. The summed E-state index contributed by atoms with van der Waals surface area (Å²) in [7, 11) is 0. The zero-order chi connectivity index (χ0) is 17.6. The smallest absolute Gasteiger partial charge is 0.244 e. The quantitative estimate of drug-likeness (QED) is 0.422. The van der Waals surface area contributed by atoms with Crippen molar-refractivity contribution in [1.29, 1.82) is 0 Å². The van der Waals surface area contributed by atoms with Crippen LogP contribution in [0.3, 0.4) is 0 Å². The molecule has 0 fully saturated rings. The van der Waals surface area contributed by atoms with Gasteiger partial charge in [0, 0.05) is 18.2 Å². The zero-order valence-electron chi connectivity index (χ0n) is 15.5. The summed E-state index contributed by atoms with van der Waals surface area (Å²) in [6.45, 7) is 8.00. The topological polar surface area (TPSA) is 38.3 Å². The largest absolute Gasteiger partial charge is 0.493 e. The van der Waals surface area contributed by atoms with Crippen molar-refractivity contribution in [3.8, 4) is 5.75 Å². The van der Waals surface area contributed by atoms with E-state index in [-0.39, 0.29) is 5.91 Å². The Labute approximate surface area is 147 Å². The molecule has 3 nitrogen and oxygen atoms in total. The third-order valence-corrected chi connectivity index (χ3v) is 4.20. The number of hydrogen-bond acceptors (Lipinski definition) is 2. The van der Waals surface area contributed by atoms with Gasteiger partial charge >= 0.3 is 0 Å². The molecular weight excluding hydrogens is 298 g/mol. The number of carbonyl (C=O) groups excluding carboxylic acids is 1. The van der Waals surface area contributed by atoms with Crippen molar-refractivity contribution in [1.82, 2.24) is 5.32 Å². The highest BCUT2D eigenvalue weighted by molar-refractivity contribution is 5.92. The van der Waals surface area contributed by atoms with Gasteiger partial charge in [-0.2, -0.15) is 0 Å². The summed E-state index contributed by atoms with van der Waals surface area (Å²) in [6, 6.07) is 7.84.